The van der Waals surface area contributed by atoms with Crippen molar-refractivity contribution in [1.82, 2.24) is 10.3 Å². The Hall–Kier alpha value is -1.09. The molecule has 0 saturated heterocycles. The first-order valence-electron chi connectivity index (χ1n) is 7.51. The average molecular weight is 263 g/mol. The zero-order valence-electron chi connectivity index (χ0n) is 13.2. The van der Waals surface area contributed by atoms with E-state index in [-0.39, 0.29) is 0 Å². The van der Waals surface area contributed by atoms with Gasteiger partial charge in [0.15, 0.2) is 0 Å². The molecule has 0 saturated carbocycles. The zero-order chi connectivity index (χ0) is 14.3. The molecule has 0 atom stereocenters. The lowest BCUT2D eigenvalue weighted by molar-refractivity contribution is 0.672. The van der Waals surface area contributed by atoms with Crippen LogP contribution in [0, 0.1) is 0 Å². The van der Waals surface area contributed by atoms with E-state index in [2.05, 4.69) is 57.1 Å². The zero-order valence-corrected chi connectivity index (χ0v) is 13.2. The Balaban J connectivity index is 2.90. The molecule has 0 aliphatic heterocycles. The molecule has 1 aromatic rings. The fourth-order valence-electron chi connectivity index (χ4n) is 2.05. The highest BCUT2D eigenvalue weighted by molar-refractivity contribution is 5.42. The third-order valence-corrected chi connectivity index (χ3v) is 3.19. The highest BCUT2D eigenvalue weighted by Crippen LogP contribution is 2.19. The first-order valence-corrected chi connectivity index (χ1v) is 7.51. The highest BCUT2D eigenvalue weighted by atomic mass is 15.2. The molecule has 0 spiro atoms. The SMILES string of the molecule is CCCNCc1cc(C(C)C)nc(N(C)CCC)c1. The van der Waals surface area contributed by atoms with Gasteiger partial charge in [-0.1, -0.05) is 27.7 Å². The van der Waals surface area contributed by atoms with Crippen LogP contribution in [0.2, 0.25) is 0 Å². The van der Waals surface area contributed by atoms with Gasteiger partial charge in [0.2, 0.25) is 0 Å². The summed E-state index contributed by atoms with van der Waals surface area (Å²) < 4.78 is 0. The molecular formula is C16H29N3. The van der Waals surface area contributed by atoms with Crippen LogP contribution in [-0.2, 0) is 6.54 Å². The van der Waals surface area contributed by atoms with E-state index in [9.17, 15) is 0 Å². The molecule has 108 valence electrons. The van der Waals surface area contributed by atoms with Gasteiger partial charge < -0.3 is 10.2 Å². The molecule has 0 aromatic carbocycles. The minimum atomic E-state index is 0.472. The molecule has 0 radical (unpaired) electrons. The standard InChI is InChI=1S/C16H29N3/c1-6-8-17-12-14-10-15(13(3)4)18-16(11-14)19(5)9-7-2/h10-11,13,17H,6-9,12H2,1-5H3. The smallest absolute Gasteiger partial charge is 0.128 e. The second-order valence-corrected chi connectivity index (χ2v) is 5.51. The lowest BCUT2D eigenvalue weighted by atomic mass is 10.1. The van der Waals surface area contributed by atoms with Crippen LogP contribution in [0.4, 0.5) is 5.82 Å². The molecule has 0 aliphatic carbocycles. The van der Waals surface area contributed by atoms with Gasteiger partial charge in [0.25, 0.3) is 0 Å². The fraction of sp³-hybridized carbons (Fsp3) is 0.688. The molecule has 1 aromatic heterocycles. The van der Waals surface area contributed by atoms with Crippen molar-refractivity contribution in [2.45, 2.75) is 53.0 Å². The van der Waals surface area contributed by atoms with Gasteiger partial charge in [-0.05, 0) is 43.0 Å². The summed E-state index contributed by atoms with van der Waals surface area (Å²) in [6.45, 7) is 11.9. The van der Waals surface area contributed by atoms with Gasteiger partial charge in [0, 0.05) is 25.8 Å². The van der Waals surface area contributed by atoms with Crippen molar-refractivity contribution in [3.05, 3.63) is 23.4 Å². The number of rotatable bonds is 8. The van der Waals surface area contributed by atoms with Crippen LogP contribution in [0.25, 0.3) is 0 Å². The molecule has 1 heterocycles. The van der Waals surface area contributed by atoms with Gasteiger partial charge in [-0.25, -0.2) is 4.98 Å². The minimum Gasteiger partial charge on any atom is -0.360 e. The average Bonchev–Trinajstić information content (AvgIpc) is 2.39. The maximum atomic E-state index is 4.78. The Morgan fingerprint density at radius 2 is 1.95 bits per heavy atom. The molecule has 3 nitrogen and oxygen atoms in total. The van der Waals surface area contributed by atoms with Gasteiger partial charge >= 0.3 is 0 Å². The highest BCUT2D eigenvalue weighted by Gasteiger charge is 2.09. The second kappa shape index (κ2) is 8.16. The van der Waals surface area contributed by atoms with Gasteiger partial charge in [-0.3, -0.25) is 0 Å². The molecule has 19 heavy (non-hydrogen) atoms. The molecule has 0 unspecified atom stereocenters. The second-order valence-electron chi connectivity index (χ2n) is 5.51. The van der Waals surface area contributed by atoms with E-state index in [1.54, 1.807) is 0 Å². The van der Waals surface area contributed by atoms with Crippen LogP contribution in [0.1, 0.15) is 57.7 Å². The predicted octanol–water partition coefficient (Wildman–Crippen LogP) is 3.55. The number of hydrogen-bond donors (Lipinski definition) is 1. The van der Waals surface area contributed by atoms with Gasteiger partial charge in [0.05, 0.1) is 0 Å². The molecule has 0 fully saturated rings. The fourth-order valence-corrected chi connectivity index (χ4v) is 2.05. The van der Waals surface area contributed by atoms with Crippen molar-refractivity contribution >= 4 is 5.82 Å². The van der Waals surface area contributed by atoms with Crippen LogP contribution in [0.5, 0.6) is 0 Å². The number of aromatic nitrogens is 1. The largest absolute Gasteiger partial charge is 0.360 e. The van der Waals surface area contributed by atoms with E-state index in [1.165, 1.54) is 17.7 Å². The van der Waals surface area contributed by atoms with Crippen LogP contribution < -0.4 is 10.2 Å². The summed E-state index contributed by atoms with van der Waals surface area (Å²) in [6.07, 6.45) is 2.32. The Kier molecular flexibility index (Phi) is 6.85. The van der Waals surface area contributed by atoms with Crippen LogP contribution in [-0.4, -0.2) is 25.1 Å². The molecule has 0 bridgehead atoms. The van der Waals surface area contributed by atoms with Crippen LogP contribution in [0.15, 0.2) is 12.1 Å². The summed E-state index contributed by atoms with van der Waals surface area (Å²) in [5.41, 5.74) is 2.53. The van der Waals surface area contributed by atoms with E-state index in [0.717, 1.165) is 31.9 Å². The molecule has 3 heteroatoms. The van der Waals surface area contributed by atoms with Gasteiger partial charge in [-0.2, -0.15) is 0 Å². The molecular weight excluding hydrogens is 234 g/mol. The van der Waals surface area contributed by atoms with Crippen molar-refractivity contribution in [2.24, 2.45) is 0 Å². The maximum Gasteiger partial charge on any atom is 0.128 e. The monoisotopic (exact) mass is 263 g/mol. The van der Waals surface area contributed by atoms with E-state index in [0.29, 0.717) is 5.92 Å². The topological polar surface area (TPSA) is 28.2 Å². The van der Waals surface area contributed by atoms with E-state index >= 15 is 0 Å². The normalized spacial score (nSPS) is 11.1. The van der Waals surface area contributed by atoms with Crippen molar-refractivity contribution in [3.63, 3.8) is 0 Å². The summed E-state index contributed by atoms with van der Waals surface area (Å²) in [4.78, 5) is 7.02. The predicted molar refractivity (Wildman–Crippen MR) is 83.9 cm³/mol. The van der Waals surface area contributed by atoms with Crippen molar-refractivity contribution in [3.8, 4) is 0 Å². The van der Waals surface area contributed by atoms with E-state index in [4.69, 9.17) is 4.98 Å². The van der Waals surface area contributed by atoms with E-state index < -0.39 is 0 Å². The first-order chi connectivity index (χ1) is 9.08. The molecule has 1 rings (SSSR count). The summed E-state index contributed by atoms with van der Waals surface area (Å²) in [7, 11) is 2.12. The number of nitrogens with one attached hydrogen (secondary N) is 1. The van der Waals surface area contributed by atoms with Gasteiger partial charge in [0.1, 0.15) is 5.82 Å². The Morgan fingerprint density at radius 3 is 2.53 bits per heavy atom. The molecule has 0 aliphatic rings. The lowest BCUT2D eigenvalue weighted by Gasteiger charge is -2.20. The number of pyridine rings is 1. The number of hydrogen-bond acceptors (Lipinski definition) is 3. The quantitative estimate of drug-likeness (QED) is 0.727. The maximum absolute atomic E-state index is 4.78. The van der Waals surface area contributed by atoms with Crippen LogP contribution >= 0.6 is 0 Å². The first kappa shape index (κ1) is 16.0. The van der Waals surface area contributed by atoms with Crippen molar-refractivity contribution < 1.29 is 0 Å². The number of nitrogens with zero attached hydrogens (tertiary/aromatic N) is 2. The Morgan fingerprint density at radius 1 is 1.21 bits per heavy atom. The van der Waals surface area contributed by atoms with Crippen LogP contribution in [0.3, 0.4) is 0 Å². The summed E-state index contributed by atoms with van der Waals surface area (Å²) in [5, 5.41) is 3.47. The summed E-state index contributed by atoms with van der Waals surface area (Å²) in [6, 6.07) is 4.45. The number of anilines is 1. The summed E-state index contributed by atoms with van der Waals surface area (Å²) in [5.74, 6) is 1.57. The Bertz CT molecular complexity index is 374. The molecule has 1 N–H and O–H groups in total. The van der Waals surface area contributed by atoms with Crippen molar-refractivity contribution in [1.29, 1.82) is 0 Å². The summed E-state index contributed by atoms with van der Waals surface area (Å²) >= 11 is 0. The third-order valence-electron chi connectivity index (χ3n) is 3.19. The third kappa shape index (κ3) is 5.19. The molecule has 0 amide bonds. The van der Waals surface area contributed by atoms with E-state index in [1.807, 2.05) is 0 Å². The lowest BCUT2D eigenvalue weighted by Crippen LogP contribution is -2.21. The minimum absolute atomic E-state index is 0.472. The Labute approximate surface area is 118 Å². The van der Waals surface area contributed by atoms with Crippen molar-refractivity contribution in [2.75, 3.05) is 25.0 Å². The van der Waals surface area contributed by atoms with Gasteiger partial charge in [-0.15, -0.1) is 0 Å².